The molecule has 4 heterocycles. The first-order chi connectivity index (χ1) is 42.6. The van der Waals surface area contributed by atoms with Gasteiger partial charge in [-0.3, -0.25) is 9.97 Å². The summed E-state index contributed by atoms with van der Waals surface area (Å²) in [5.41, 5.74) is 18.6. The second kappa shape index (κ2) is 19.5. The van der Waals surface area contributed by atoms with Gasteiger partial charge in [0, 0.05) is 85.4 Å². The molecule has 86 heavy (non-hydrogen) atoms. The van der Waals surface area contributed by atoms with E-state index in [0.717, 1.165) is 44.1 Å². The fourth-order valence-electron chi connectivity index (χ4n) is 13.9. The van der Waals surface area contributed by atoms with E-state index < -0.39 is 0 Å². The Balaban J connectivity index is 0.757. The Morgan fingerprint density at radius 2 is 0.593 bits per heavy atom. The molecule has 0 aliphatic carbocycles. The smallest absolute Gasteiger partial charge is 0.0787 e. The molecule has 0 saturated heterocycles. The molecule has 398 valence electrons. The van der Waals surface area contributed by atoms with Gasteiger partial charge in [0.05, 0.1) is 11.0 Å². The lowest BCUT2D eigenvalue weighted by Crippen LogP contribution is -1.90. The maximum atomic E-state index is 5.31. The predicted octanol–water partition coefficient (Wildman–Crippen LogP) is 23.8. The number of hydrogen-bond acceptors (Lipinski definition) is 4. The summed E-state index contributed by atoms with van der Waals surface area (Å²) in [4.78, 5) is 10.5. The van der Waals surface area contributed by atoms with Crippen molar-refractivity contribution in [3.05, 3.63) is 291 Å². The number of fused-ring (bicyclic) bond motifs is 18. The monoisotopic (exact) mass is 1120 g/mol. The molecule has 0 bridgehead atoms. The van der Waals surface area contributed by atoms with Crippen LogP contribution in [-0.4, -0.2) is 9.97 Å². The quantitative estimate of drug-likeness (QED) is 0.149. The highest BCUT2D eigenvalue weighted by Gasteiger charge is 2.21. The number of hydrogen-bond donors (Lipinski definition) is 0. The summed E-state index contributed by atoms with van der Waals surface area (Å²) in [5, 5.41) is 17.1. The Hall–Kier alpha value is -10.6. The summed E-state index contributed by atoms with van der Waals surface area (Å²) in [6.07, 6.45) is 4.12. The summed E-state index contributed by atoms with van der Waals surface area (Å²) in [5.74, 6) is 0. The van der Waals surface area contributed by atoms with Gasteiger partial charge < -0.3 is 0 Å². The Morgan fingerprint density at radius 3 is 1.22 bits per heavy atom. The molecule has 0 aliphatic rings. The third kappa shape index (κ3) is 7.70. The molecule has 0 unspecified atom stereocenters. The maximum absolute atomic E-state index is 5.31. The van der Waals surface area contributed by atoms with Gasteiger partial charge in [-0.05, 0) is 142 Å². The molecule has 0 N–H and O–H groups in total. The molecule has 2 nitrogen and oxygen atoms in total. The van der Waals surface area contributed by atoms with E-state index >= 15 is 0 Å². The second-order valence-corrected chi connectivity index (χ2v) is 24.7. The molecule has 14 aromatic carbocycles. The average Bonchev–Trinajstić information content (AvgIpc) is 1.32. The van der Waals surface area contributed by atoms with Crippen LogP contribution in [0.4, 0.5) is 0 Å². The topological polar surface area (TPSA) is 25.8 Å². The molecule has 0 saturated carbocycles. The highest BCUT2D eigenvalue weighted by Crippen LogP contribution is 2.50. The zero-order valence-electron chi connectivity index (χ0n) is 46.4. The lowest BCUT2D eigenvalue weighted by molar-refractivity contribution is 1.42. The number of thiophene rings is 2. The second-order valence-electron chi connectivity index (χ2n) is 22.7. The standard InChI is InChI=1S/C82H48N2S2/c1-2-17-49(18-3-1)62-40-39-59(77-72-35-16-33-61(81(72)86-82(62)77)55-24-14-22-53(43-55)58-45-74-65-27-5-4-25-63(65)64-26-6-8-30-69(64)78(74)83-48-58)56-37-38-67-73(44-56)66-28-7-9-31-70(66)79-75(67)46-57(47-84-79)52-21-12-19-50(41-52)51-20-13-23-54(42-51)60-32-15-34-71-68-29-10-11-36-76(68)85-80(60)71/h1-48H. The van der Waals surface area contributed by atoms with Crippen LogP contribution >= 0.6 is 22.7 Å². The molecule has 0 amide bonds. The van der Waals surface area contributed by atoms with Gasteiger partial charge in [0.15, 0.2) is 0 Å². The number of benzene rings is 14. The van der Waals surface area contributed by atoms with Crippen molar-refractivity contribution >= 4 is 128 Å². The lowest BCUT2D eigenvalue weighted by Gasteiger charge is -2.14. The zero-order chi connectivity index (χ0) is 56.4. The summed E-state index contributed by atoms with van der Waals surface area (Å²) in [6, 6.07) is 103. The van der Waals surface area contributed by atoms with Gasteiger partial charge in [0.25, 0.3) is 0 Å². The molecular weight excluding hydrogens is 1080 g/mol. The third-order valence-electron chi connectivity index (χ3n) is 17.9. The minimum atomic E-state index is 1.01. The van der Waals surface area contributed by atoms with Gasteiger partial charge in [0.2, 0.25) is 0 Å². The van der Waals surface area contributed by atoms with Gasteiger partial charge in [0.1, 0.15) is 0 Å². The van der Waals surface area contributed by atoms with Gasteiger partial charge in [-0.25, -0.2) is 0 Å². The summed E-state index contributed by atoms with van der Waals surface area (Å²) in [7, 11) is 0. The van der Waals surface area contributed by atoms with Gasteiger partial charge in [-0.1, -0.05) is 237 Å². The van der Waals surface area contributed by atoms with Crippen LogP contribution < -0.4 is 0 Å². The van der Waals surface area contributed by atoms with Crippen molar-refractivity contribution in [1.82, 2.24) is 9.97 Å². The molecule has 0 spiro atoms. The highest BCUT2D eigenvalue weighted by molar-refractivity contribution is 7.27. The number of rotatable bonds is 7. The largest absolute Gasteiger partial charge is 0.255 e. The first-order valence-electron chi connectivity index (χ1n) is 29.3. The molecule has 4 aromatic heterocycles. The van der Waals surface area contributed by atoms with E-state index in [9.17, 15) is 0 Å². The Labute approximate surface area is 503 Å². The summed E-state index contributed by atoms with van der Waals surface area (Å²) >= 11 is 3.78. The van der Waals surface area contributed by atoms with Crippen LogP contribution in [0.25, 0.3) is 183 Å². The minimum absolute atomic E-state index is 1.01. The molecular formula is C82H48N2S2. The van der Waals surface area contributed by atoms with E-state index in [0.29, 0.717) is 0 Å². The van der Waals surface area contributed by atoms with Gasteiger partial charge >= 0.3 is 0 Å². The normalized spacial score (nSPS) is 12.0. The lowest BCUT2D eigenvalue weighted by atomic mass is 9.90. The fourth-order valence-corrected chi connectivity index (χ4v) is 16.5. The number of nitrogens with zero attached hydrogens (tertiary/aromatic N) is 2. The molecule has 0 atom stereocenters. The van der Waals surface area contributed by atoms with E-state index in [1.54, 1.807) is 0 Å². The van der Waals surface area contributed by atoms with Crippen molar-refractivity contribution in [1.29, 1.82) is 0 Å². The zero-order valence-corrected chi connectivity index (χ0v) is 48.1. The van der Waals surface area contributed by atoms with Crippen molar-refractivity contribution in [3.8, 4) is 77.9 Å². The van der Waals surface area contributed by atoms with Crippen LogP contribution in [0.2, 0.25) is 0 Å². The molecule has 4 heteroatoms. The van der Waals surface area contributed by atoms with E-state index in [1.165, 1.54) is 139 Å². The van der Waals surface area contributed by atoms with Crippen molar-refractivity contribution in [2.45, 2.75) is 0 Å². The van der Waals surface area contributed by atoms with E-state index in [4.69, 9.17) is 9.97 Å². The van der Waals surface area contributed by atoms with Crippen molar-refractivity contribution in [2.24, 2.45) is 0 Å². The van der Waals surface area contributed by atoms with E-state index in [-0.39, 0.29) is 0 Å². The summed E-state index contributed by atoms with van der Waals surface area (Å²) < 4.78 is 5.20. The first-order valence-corrected chi connectivity index (χ1v) is 31.0. The summed E-state index contributed by atoms with van der Waals surface area (Å²) in [6.45, 7) is 0. The molecule has 0 radical (unpaired) electrons. The average molecular weight is 1130 g/mol. The predicted molar refractivity (Wildman–Crippen MR) is 371 cm³/mol. The molecule has 18 aromatic rings. The van der Waals surface area contributed by atoms with Crippen molar-refractivity contribution in [2.75, 3.05) is 0 Å². The number of pyridine rings is 2. The van der Waals surface area contributed by atoms with Crippen LogP contribution in [0.5, 0.6) is 0 Å². The Morgan fingerprint density at radius 1 is 0.198 bits per heavy atom. The molecule has 0 aliphatic heterocycles. The van der Waals surface area contributed by atoms with Crippen LogP contribution in [0.15, 0.2) is 291 Å². The van der Waals surface area contributed by atoms with Crippen LogP contribution in [0.1, 0.15) is 0 Å². The SMILES string of the molecule is c1ccc(-c2ccc(-c3ccc4c(c3)c3ccccc3c3ncc(-c5cccc(-c6cccc(-c7cccc8c7sc7ccccc78)c6)c5)cc43)c3c2sc2c(-c4cccc(-c5cnc6c7ccccc7c7ccccc7c6c5)c4)cccc23)cc1. The van der Waals surface area contributed by atoms with E-state index in [1.807, 2.05) is 22.7 Å². The van der Waals surface area contributed by atoms with Gasteiger partial charge in [-0.2, -0.15) is 0 Å². The van der Waals surface area contributed by atoms with E-state index in [2.05, 4.69) is 291 Å². The van der Waals surface area contributed by atoms with Crippen LogP contribution in [-0.2, 0) is 0 Å². The van der Waals surface area contributed by atoms with Crippen molar-refractivity contribution < 1.29 is 0 Å². The number of aromatic nitrogens is 2. The Bertz CT molecular complexity index is 5820. The maximum Gasteiger partial charge on any atom is 0.0787 e. The van der Waals surface area contributed by atoms with Crippen molar-refractivity contribution in [3.63, 3.8) is 0 Å². The molecule has 0 fully saturated rings. The Kier molecular flexibility index (Phi) is 11.1. The third-order valence-corrected chi connectivity index (χ3v) is 20.4. The van der Waals surface area contributed by atoms with Crippen LogP contribution in [0, 0.1) is 0 Å². The minimum Gasteiger partial charge on any atom is -0.255 e. The highest BCUT2D eigenvalue weighted by atomic mass is 32.1. The fraction of sp³-hybridized carbons (Fsp3) is 0. The first kappa shape index (κ1) is 48.9. The van der Waals surface area contributed by atoms with Gasteiger partial charge in [-0.15, -0.1) is 22.7 Å². The van der Waals surface area contributed by atoms with Crippen LogP contribution in [0.3, 0.4) is 0 Å². The molecule has 18 rings (SSSR count).